The Kier molecular flexibility index (Phi) is 4.19. The molecule has 1 rings (SSSR count). The molecule has 0 saturated heterocycles. The first-order valence-corrected chi connectivity index (χ1v) is 4.57. The van der Waals surface area contributed by atoms with Crippen LogP contribution < -0.4 is 5.32 Å². The first-order valence-electron chi connectivity index (χ1n) is 4.57. The summed E-state index contributed by atoms with van der Waals surface area (Å²) >= 11 is 0. The van der Waals surface area contributed by atoms with Crippen LogP contribution in [0.2, 0.25) is 0 Å². The van der Waals surface area contributed by atoms with Crippen LogP contribution >= 0.6 is 0 Å². The van der Waals surface area contributed by atoms with E-state index in [0.29, 0.717) is 18.9 Å². The zero-order valence-electron chi connectivity index (χ0n) is 8.50. The monoisotopic (exact) mass is 197 g/mol. The highest BCUT2D eigenvalue weighted by Gasteiger charge is 2.10. The minimum Gasteiger partial charge on any atom is -0.459 e. The first-order chi connectivity index (χ1) is 6.75. The van der Waals surface area contributed by atoms with Gasteiger partial charge in [-0.3, -0.25) is 4.79 Å². The summed E-state index contributed by atoms with van der Waals surface area (Å²) in [5.41, 5.74) is 0.856. The van der Waals surface area contributed by atoms with Crippen molar-refractivity contribution in [2.24, 2.45) is 0 Å². The third-order valence-electron chi connectivity index (χ3n) is 1.88. The highest BCUT2D eigenvalue weighted by Crippen LogP contribution is 2.07. The van der Waals surface area contributed by atoms with E-state index in [4.69, 9.17) is 9.15 Å². The van der Waals surface area contributed by atoms with Crippen LogP contribution in [0.5, 0.6) is 0 Å². The summed E-state index contributed by atoms with van der Waals surface area (Å²) < 4.78 is 9.90. The Hall–Kier alpha value is -1.29. The summed E-state index contributed by atoms with van der Waals surface area (Å²) in [4.78, 5) is 11.4. The van der Waals surface area contributed by atoms with Gasteiger partial charge in [-0.15, -0.1) is 0 Å². The van der Waals surface area contributed by atoms with E-state index in [1.54, 1.807) is 13.2 Å². The van der Waals surface area contributed by atoms with E-state index in [1.165, 1.54) is 6.26 Å². The molecular formula is C10H15NO3. The Morgan fingerprint density at radius 2 is 2.43 bits per heavy atom. The van der Waals surface area contributed by atoms with Gasteiger partial charge in [0.2, 0.25) is 0 Å². The number of amides is 1. The summed E-state index contributed by atoms with van der Waals surface area (Å²) in [6.45, 7) is 3.10. The molecule has 0 aliphatic heterocycles. The molecule has 0 aliphatic rings. The van der Waals surface area contributed by atoms with Crippen molar-refractivity contribution in [2.75, 3.05) is 20.3 Å². The number of rotatable bonds is 5. The number of carbonyl (C=O) groups is 1. The van der Waals surface area contributed by atoms with Gasteiger partial charge in [0.1, 0.15) is 0 Å². The van der Waals surface area contributed by atoms with Crippen molar-refractivity contribution in [1.29, 1.82) is 0 Å². The summed E-state index contributed by atoms with van der Waals surface area (Å²) in [5.74, 6) is 0.228. The van der Waals surface area contributed by atoms with Gasteiger partial charge in [-0.1, -0.05) is 0 Å². The molecule has 0 radical (unpaired) electrons. The number of aryl methyl sites for hydroxylation is 1. The van der Waals surface area contributed by atoms with Crippen molar-refractivity contribution in [3.8, 4) is 0 Å². The summed E-state index contributed by atoms with van der Waals surface area (Å²) in [5, 5.41) is 2.75. The lowest BCUT2D eigenvalue weighted by Gasteiger charge is -2.02. The molecule has 1 heterocycles. The average Bonchev–Trinajstić information content (AvgIpc) is 2.59. The van der Waals surface area contributed by atoms with Crippen LogP contribution in [-0.4, -0.2) is 26.2 Å². The number of ether oxygens (including phenoxy) is 1. The smallest absolute Gasteiger partial charge is 0.287 e. The summed E-state index contributed by atoms with van der Waals surface area (Å²) in [6, 6.07) is 1.77. The zero-order valence-corrected chi connectivity index (χ0v) is 8.50. The van der Waals surface area contributed by atoms with Crippen LogP contribution in [0.25, 0.3) is 0 Å². The van der Waals surface area contributed by atoms with Crippen molar-refractivity contribution in [1.82, 2.24) is 5.32 Å². The lowest BCUT2D eigenvalue weighted by atomic mass is 10.2. The Bertz CT molecular complexity index is 293. The summed E-state index contributed by atoms with van der Waals surface area (Å²) in [7, 11) is 1.64. The van der Waals surface area contributed by atoms with Crippen LogP contribution in [0.3, 0.4) is 0 Å². The molecule has 4 nitrogen and oxygen atoms in total. The van der Waals surface area contributed by atoms with Crippen molar-refractivity contribution >= 4 is 5.91 Å². The predicted octanol–water partition coefficient (Wildman–Crippen LogP) is 1.35. The SMILES string of the molecule is COCCCNC(=O)c1occc1C. The highest BCUT2D eigenvalue weighted by molar-refractivity contribution is 5.92. The van der Waals surface area contributed by atoms with E-state index < -0.39 is 0 Å². The second-order valence-corrected chi connectivity index (χ2v) is 3.03. The van der Waals surface area contributed by atoms with E-state index in [-0.39, 0.29) is 5.91 Å². The van der Waals surface area contributed by atoms with Crippen molar-refractivity contribution in [3.05, 3.63) is 23.7 Å². The van der Waals surface area contributed by atoms with Gasteiger partial charge in [0, 0.05) is 25.8 Å². The Labute approximate surface area is 83.2 Å². The van der Waals surface area contributed by atoms with Crippen LogP contribution in [-0.2, 0) is 4.74 Å². The Morgan fingerprint density at radius 1 is 1.64 bits per heavy atom. The molecule has 0 bridgehead atoms. The number of methoxy groups -OCH3 is 1. The number of furan rings is 1. The van der Waals surface area contributed by atoms with Gasteiger partial charge in [-0.2, -0.15) is 0 Å². The van der Waals surface area contributed by atoms with Gasteiger partial charge in [0.15, 0.2) is 5.76 Å². The van der Waals surface area contributed by atoms with E-state index in [0.717, 1.165) is 12.0 Å². The number of carbonyl (C=O) groups excluding carboxylic acids is 1. The third-order valence-corrected chi connectivity index (χ3v) is 1.88. The molecule has 0 spiro atoms. The lowest BCUT2D eigenvalue weighted by molar-refractivity contribution is 0.0920. The van der Waals surface area contributed by atoms with Gasteiger partial charge in [-0.25, -0.2) is 0 Å². The van der Waals surface area contributed by atoms with Crippen LogP contribution in [0.4, 0.5) is 0 Å². The molecule has 1 N–H and O–H groups in total. The molecule has 14 heavy (non-hydrogen) atoms. The topological polar surface area (TPSA) is 51.5 Å². The largest absolute Gasteiger partial charge is 0.459 e. The van der Waals surface area contributed by atoms with E-state index in [1.807, 2.05) is 6.92 Å². The zero-order chi connectivity index (χ0) is 10.4. The molecule has 0 unspecified atom stereocenters. The van der Waals surface area contributed by atoms with Crippen LogP contribution in [0.1, 0.15) is 22.5 Å². The van der Waals surface area contributed by atoms with Crippen molar-refractivity contribution in [2.45, 2.75) is 13.3 Å². The average molecular weight is 197 g/mol. The molecule has 1 amide bonds. The number of hydrogen-bond donors (Lipinski definition) is 1. The molecule has 0 saturated carbocycles. The molecule has 0 aliphatic carbocycles. The fraction of sp³-hybridized carbons (Fsp3) is 0.500. The second-order valence-electron chi connectivity index (χ2n) is 3.03. The van der Waals surface area contributed by atoms with Gasteiger partial charge in [-0.05, 0) is 19.4 Å². The molecule has 0 aromatic carbocycles. The second kappa shape index (κ2) is 5.44. The van der Waals surface area contributed by atoms with Gasteiger partial charge >= 0.3 is 0 Å². The summed E-state index contributed by atoms with van der Waals surface area (Å²) in [6.07, 6.45) is 2.32. The maximum Gasteiger partial charge on any atom is 0.287 e. The minimum atomic E-state index is -0.163. The quantitative estimate of drug-likeness (QED) is 0.725. The molecule has 78 valence electrons. The molecule has 4 heteroatoms. The normalized spacial score (nSPS) is 10.1. The van der Waals surface area contributed by atoms with E-state index in [9.17, 15) is 4.79 Å². The number of hydrogen-bond acceptors (Lipinski definition) is 3. The predicted molar refractivity (Wildman–Crippen MR) is 52.3 cm³/mol. The Morgan fingerprint density at radius 3 is 3.00 bits per heavy atom. The molecular weight excluding hydrogens is 182 g/mol. The fourth-order valence-corrected chi connectivity index (χ4v) is 1.10. The van der Waals surface area contributed by atoms with Gasteiger partial charge in [0.25, 0.3) is 5.91 Å². The molecule has 0 fully saturated rings. The maximum atomic E-state index is 11.4. The number of nitrogens with one attached hydrogen (secondary N) is 1. The van der Waals surface area contributed by atoms with Crippen molar-refractivity contribution < 1.29 is 13.9 Å². The van der Waals surface area contributed by atoms with Gasteiger partial charge in [0.05, 0.1) is 6.26 Å². The minimum absolute atomic E-state index is 0.163. The Balaban J connectivity index is 2.32. The first kappa shape index (κ1) is 10.8. The van der Waals surface area contributed by atoms with Crippen LogP contribution in [0, 0.1) is 6.92 Å². The van der Waals surface area contributed by atoms with Crippen LogP contribution in [0.15, 0.2) is 16.7 Å². The lowest BCUT2D eigenvalue weighted by Crippen LogP contribution is -2.25. The van der Waals surface area contributed by atoms with Crippen molar-refractivity contribution in [3.63, 3.8) is 0 Å². The maximum absolute atomic E-state index is 11.4. The van der Waals surface area contributed by atoms with Gasteiger partial charge < -0.3 is 14.5 Å². The molecule has 1 aromatic rings. The third kappa shape index (κ3) is 2.88. The van der Waals surface area contributed by atoms with E-state index in [2.05, 4.69) is 5.32 Å². The van der Waals surface area contributed by atoms with E-state index >= 15 is 0 Å². The highest BCUT2D eigenvalue weighted by atomic mass is 16.5. The fourth-order valence-electron chi connectivity index (χ4n) is 1.10. The standard InChI is InChI=1S/C10H15NO3/c1-8-4-7-14-9(8)10(12)11-5-3-6-13-2/h4,7H,3,5-6H2,1-2H3,(H,11,12). The molecule has 0 atom stereocenters. The molecule has 1 aromatic heterocycles.